The van der Waals surface area contributed by atoms with Crippen LogP contribution in [0.25, 0.3) is 0 Å². The van der Waals surface area contributed by atoms with Crippen molar-refractivity contribution in [2.24, 2.45) is 0 Å². The fourth-order valence-corrected chi connectivity index (χ4v) is 1.69. The van der Waals surface area contributed by atoms with E-state index in [0.29, 0.717) is 6.04 Å². The third kappa shape index (κ3) is 2.04. The average Bonchev–Trinajstić information content (AvgIpc) is 1.93. The Balaban J connectivity index is 0.000000845. The quantitative estimate of drug-likeness (QED) is 0.730. The Morgan fingerprint density at radius 2 is 2.00 bits per heavy atom. The largest absolute Gasteiger partial charge is 0.310 e. The number of benzene rings is 1. The van der Waals surface area contributed by atoms with Crippen molar-refractivity contribution in [2.45, 2.75) is 26.3 Å². The molecule has 2 heteroatoms. The molecule has 0 radical (unpaired) electrons. The van der Waals surface area contributed by atoms with Gasteiger partial charge in [-0.05, 0) is 37.9 Å². The number of halogens is 1. The summed E-state index contributed by atoms with van der Waals surface area (Å²) in [5.41, 5.74) is 4.27. The lowest BCUT2D eigenvalue weighted by Gasteiger charge is -2.29. The molecule has 1 N–H and O–H groups in total. The molecule has 1 heterocycles. The normalized spacial score (nSPS) is 20.3. The van der Waals surface area contributed by atoms with Crippen molar-refractivity contribution in [3.63, 3.8) is 0 Å². The fourth-order valence-electron chi connectivity index (χ4n) is 1.69. The lowest BCUT2D eigenvalue weighted by molar-refractivity contribution is 0.382. The molecule has 0 amide bonds. The maximum atomic E-state index is 3.43. The highest BCUT2D eigenvalue weighted by molar-refractivity contribution is 5.85. The predicted octanol–water partition coefficient (Wildman–Crippen LogP) is 2.76. The topological polar surface area (TPSA) is 12.0 Å². The summed E-state index contributed by atoms with van der Waals surface area (Å²) in [5, 5.41) is 3.43. The van der Waals surface area contributed by atoms with Crippen LogP contribution in [0.5, 0.6) is 0 Å². The molecule has 1 nitrogen and oxygen atoms in total. The zero-order valence-electron chi connectivity index (χ0n) is 8.13. The van der Waals surface area contributed by atoms with Gasteiger partial charge in [0.1, 0.15) is 0 Å². The molecule has 0 saturated carbocycles. The first-order valence-corrected chi connectivity index (χ1v) is 4.58. The Hall–Kier alpha value is -0.530. The Morgan fingerprint density at radius 3 is 2.54 bits per heavy atom. The van der Waals surface area contributed by atoms with Crippen LogP contribution in [0.2, 0.25) is 0 Å². The van der Waals surface area contributed by atoms with Gasteiger partial charge in [0.25, 0.3) is 0 Å². The first kappa shape index (κ1) is 10.6. The SMILES string of the molecule is Cc1ccc(C)c([C@H]2CCN2)c1.Cl. The molecular formula is C11H16ClN. The third-order valence-corrected chi connectivity index (χ3v) is 2.63. The second kappa shape index (κ2) is 4.12. The van der Waals surface area contributed by atoms with Gasteiger partial charge in [-0.1, -0.05) is 23.8 Å². The smallest absolute Gasteiger partial charge is 0.0335 e. The second-order valence-electron chi connectivity index (χ2n) is 3.66. The molecular weight excluding hydrogens is 182 g/mol. The van der Waals surface area contributed by atoms with Gasteiger partial charge in [-0.15, -0.1) is 12.4 Å². The summed E-state index contributed by atoms with van der Waals surface area (Å²) in [6.45, 7) is 5.52. The Bertz CT molecular complexity index is 292. The van der Waals surface area contributed by atoms with Crippen LogP contribution in [0.4, 0.5) is 0 Å². The van der Waals surface area contributed by atoms with Gasteiger partial charge >= 0.3 is 0 Å². The van der Waals surface area contributed by atoms with Gasteiger partial charge in [-0.2, -0.15) is 0 Å². The Kier molecular flexibility index (Phi) is 3.34. The van der Waals surface area contributed by atoms with E-state index in [2.05, 4.69) is 37.4 Å². The molecule has 0 aromatic heterocycles. The van der Waals surface area contributed by atoms with Crippen molar-refractivity contribution in [3.05, 3.63) is 34.9 Å². The highest BCUT2D eigenvalue weighted by Crippen LogP contribution is 2.26. The van der Waals surface area contributed by atoms with Crippen LogP contribution in [0.1, 0.15) is 29.2 Å². The third-order valence-electron chi connectivity index (χ3n) is 2.63. The van der Waals surface area contributed by atoms with Gasteiger partial charge in [-0.3, -0.25) is 0 Å². The minimum atomic E-state index is 0. The molecule has 1 aliphatic heterocycles. The molecule has 1 aliphatic rings. The van der Waals surface area contributed by atoms with Gasteiger partial charge in [0.15, 0.2) is 0 Å². The van der Waals surface area contributed by atoms with Crippen LogP contribution >= 0.6 is 12.4 Å². The van der Waals surface area contributed by atoms with E-state index in [1.165, 1.54) is 29.7 Å². The summed E-state index contributed by atoms with van der Waals surface area (Å²) in [6, 6.07) is 7.32. The molecule has 1 aromatic rings. The highest BCUT2D eigenvalue weighted by Gasteiger charge is 2.19. The monoisotopic (exact) mass is 197 g/mol. The molecule has 0 bridgehead atoms. The molecule has 2 rings (SSSR count). The zero-order valence-corrected chi connectivity index (χ0v) is 8.95. The molecule has 1 fully saturated rings. The van der Waals surface area contributed by atoms with Gasteiger partial charge < -0.3 is 5.32 Å². The van der Waals surface area contributed by atoms with Crippen LogP contribution in [-0.2, 0) is 0 Å². The summed E-state index contributed by atoms with van der Waals surface area (Å²) < 4.78 is 0. The van der Waals surface area contributed by atoms with Gasteiger partial charge in [0.05, 0.1) is 0 Å². The summed E-state index contributed by atoms with van der Waals surface area (Å²) in [6.07, 6.45) is 1.30. The molecule has 0 aliphatic carbocycles. The Labute approximate surface area is 86.0 Å². The highest BCUT2D eigenvalue weighted by atomic mass is 35.5. The molecule has 1 saturated heterocycles. The molecule has 1 aromatic carbocycles. The van der Waals surface area contributed by atoms with E-state index in [-0.39, 0.29) is 12.4 Å². The van der Waals surface area contributed by atoms with Gasteiger partial charge in [0, 0.05) is 6.04 Å². The standard InChI is InChI=1S/C11H15N.ClH/c1-8-3-4-9(2)10(7-8)11-5-6-12-11;/h3-4,7,11-12H,5-6H2,1-2H3;1H/t11-;/m1./s1. The number of hydrogen-bond acceptors (Lipinski definition) is 1. The van der Waals surface area contributed by atoms with E-state index in [1.54, 1.807) is 0 Å². The van der Waals surface area contributed by atoms with Crippen molar-refractivity contribution >= 4 is 12.4 Å². The average molecular weight is 198 g/mol. The van der Waals surface area contributed by atoms with Crippen molar-refractivity contribution in [1.29, 1.82) is 0 Å². The van der Waals surface area contributed by atoms with Crippen molar-refractivity contribution in [2.75, 3.05) is 6.54 Å². The number of hydrogen-bond donors (Lipinski definition) is 1. The number of nitrogens with one attached hydrogen (secondary N) is 1. The molecule has 0 unspecified atom stereocenters. The van der Waals surface area contributed by atoms with Crippen LogP contribution in [-0.4, -0.2) is 6.54 Å². The molecule has 72 valence electrons. The van der Waals surface area contributed by atoms with Gasteiger partial charge in [-0.25, -0.2) is 0 Å². The maximum absolute atomic E-state index is 3.43. The zero-order chi connectivity index (χ0) is 8.55. The lowest BCUT2D eigenvalue weighted by atomic mass is 9.93. The van der Waals surface area contributed by atoms with Crippen LogP contribution in [0, 0.1) is 13.8 Å². The summed E-state index contributed by atoms with van der Waals surface area (Å²) >= 11 is 0. The molecule has 0 spiro atoms. The number of rotatable bonds is 1. The lowest BCUT2D eigenvalue weighted by Crippen LogP contribution is -2.35. The van der Waals surface area contributed by atoms with Crippen LogP contribution < -0.4 is 5.32 Å². The first-order chi connectivity index (χ1) is 5.77. The minimum absolute atomic E-state index is 0. The summed E-state index contributed by atoms with van der Waals surface area (Å²) in [7, 11) is 0. The summed E-state index contributed by atoms with van der Waals surface area (Å²) in [4.78, 5) is 0. The van der Waals surface area contributed by atoms with Crippen molar-refractivity contribution in [3.8, 4) is 0 Å². The predicted molar refractivity (Wildman–Crippen MR) is 58.5 cm³/mol. The molecule has 1 atom stereocenters. The van der Waals surface area contributed by atoms with E-state index in [9.17, 15) is 0 Å². The fraction of sp³-hybridized carbons (Fsp3) is 0.455. The van der Waals surface area contributed by atoms with E-state index < -0.39 is 0 Å². The van der Waals surface area contributed by atoms with E-state index >= 15 is 0 Å². The van der Waals surface area contributed by atoms with Crippen LogP contribution in [0.15, 0.2) is 18.2 Å². The number of aryl methyl sites for hydroxylation is 2. The summed E-state index contributed by atoms with van der Waals surface area (Å²) in [5.74, 6) is 0. The molecule has 13 heavy (non-hydrogen) atoms. The van der Waals surface area contributed by atoms with E-state index in [4.69, 9.17) is 0 Å². The Morgan fingerprint density at radius 1 is 1.31 bits per heavy atom. The first-order valence-electron chi connectivity index (χ1n) is 4.58. The minimum Gasteiger partial charge on any atom is -0.310 e. The van der Waals surface area contributed by atoms with E-state index in [1.807, 2.05) is 0 Å². The van der Waals surface area contributed by atoms with Crippen LogP contribution in [0.3, 0.4) is 0 Å². The van der Waals surface area contributed by atoms with Gasteiger partial charge in [0.2, 0.25) is 0 Å². The van der Waals surface area contributed by atoms with Crippen molar-refractivity contribution in [1.82, 2.24) is 5.32 Å². The van der Waals surface area contributed by atoms with Crippen molar-refractivity contribution < 1.29 is 0 Å². The van der Waals surface area contributed by atoms with E-state index in [0.717, 1.165) is 0 Å². The second-order valence-corrected chi connectivity index (χ2v) is 3.66. The maximum Gasteiger partial charge on any atom is 0.0335 e.